The monoisotopic (exact) mass is 340 g/mol. The van der Waals surface area contributed by atoms with Gasteiger partial charge >= 0.3 is 0 Å². The lowest BCUT2D eigenvalue weighted by Crippen LogP contribution is -2.45. The molecule has 0 saturated carbocycles. The van der Waals surface area contributed by atoms with Crippen molar-refractivity contribution in [1.82, 2.24) is 10.6 Å². The minimum Gasteiger partial charge on any atom is -0.354 e. The number of aryl methyl sites for hydroxylation is 1. The van der Waals surface area contributed by atoms with E-state index in [1.807, 2.05) is 32.9 Å². The summed E-state index contributed by atoms with van der Waals surface area (Å²) in [6.07, 6.45) is 0. The third-order valence-electron chi connectivity index (χ3n) is 2.79. The van der Waals surface area contributed by atoms with Gasteiger partial charge in [0, 0.05) is 11.0 Å². The highest BCUT2D eigenvalue weighted by Crippen LogP contribution is 2.18. The summed E-state index contributed by atoms with van der Waals surface area (Å²) in [6.45, 7) is 8.24. The molecule has 0 heterocycles. The Morgan fingerprint density at radius 3 is 2.50 bits per heavy atom. The molecule has 4 nitrogen and oxygen atoms in total. The van der Waals surface area contributed by atoms with Gasteiger partial charge in [0.25, 0.3) is 5.91 Å². The fraction of sp³-hybridized carbons (Fsp3) is 0.467. The summed E-state index contributed by atoms with van der Waals surface area (Å²) in [4.78, 5) is 24.0. The Morgan fingerprint density at radius 2 is 1.90 bits per heavy atom. The summed E-state index contributed by atoms with van der Waals surface area (Å²) >= 11 is 3.35. The summed E-state index contributed by atoms with van der Waals surface area (Å²) in [5.41, 5.74) is 1.53. The van der Waals surface area contributed by atoms with Gasteiger partial charge in [-0.3, -0.25) is 9.59 Å². The van der Waals surface area contributed by atoms with Crippen LogP contribution in [0.5, 0.6) is 0 Å². The van der Waals surface area contributed by atoms with Gasteiger partial charge in [0.05, 0.1) is 5.56 Å². The average Bonchev–Trinajstić information content (AvgIpc) is 2.38. The van der Waals surface area contributed by atoms with E-state index >= 15 is 0 Å². The molecule has 1 atom stereocenters. The zero-order valence-corrected chi connectivity index (χ0v) is 13.9. The fourth-order valence-corrected chi connectivity index (χ4v) is 2.04. The SMILES string of the molecule is Cc1ccc(Br)c(C(=O)NC(C)C(=O)NCC(C)C)c1. The van der Waals surface area contributed by atoms with Gasteiger partial charge in [0.1, 0.15) is 6.04 Å². The molecule has 5 heteroatoms. The van der Waals surface area contributed by atoms with E-state index in [1.165, 1.54) is 0 Å². The molecule has 1 rings (SSSR count). The molecule has 110 valence electrons. The van der Waals surface area contributed by atoms with E-state index in [9.17, 15) is 9.59 Å². The average molecular weight is 341 g/mol. The lowest BCUT2D eigenvalue weighted by atomic mass is 10.1. The van der Waals surface area contributed by atoms with Crippen LogP contribution < -0.4 is 10.6 Å². The number of carbonyl (C=O) groups is 2. The van der Waals surface area contributed by atoms with Crippen LogP contribution >= 0.6 is 15.9 Å². The molecule has 1 aromatic carbocycles. The molecule has 1 aromatic rings. The maximum Gasteiger partial charge on any atom is 0.253 e. The molecule has 0 aliphatic heterocycles. The van der Waals surface area contributed by atoms with Crippen molar-refractivity contribution in [2.75, 3.05) is 6.54 Å². The molecule has 0 aliphatic carbocycles. The van der Waals surface area contributed by atoms with Gasteiger partial charge in [-0.1, -0.05) is 25.5 Å². The molecule has 0 radical (unpaired) electrons. The topological polar surface area (TPSA) is 58.2 Å². The Balaban J connectivity index is 2.65. The minimum atomic E-state index is -0.561. The van der Waals surface area contributed by atoms with Gasteiger partial charge in [0.15, 0.2) is 0 Å². The smallest absolute Gasteiger partial charge is 0.253 e. The molecule has 20 heavy (non-hydrogen) atoms. The fourth-order valence-electron chi connectivity index (χ4n) is 1.61. The maximum absolute atomic E-state index is 12.1. The lowest BCUT2D eigenvalue weighted by Gasteiger charge is -2.16. The second-order valence-electron chi connectivity index (χ2n) is 5.32. The number of hydrogen-bond acceptors (Lipinski definition) is 2. The first-order valence-corrected chi connectivity index (χ1v) is 7.45. The van der Waals surface area contributed by atoms with Gasteiger partial charge in [0.2, 0.25) is 5.91 Å². The summed E-state index contributed by atoms with van der Waals surface area (Å²) in [6, 6.07) is 4.97. The molecule has 0 saturated heterocycles. The summed E-state index contributed by atoms with van der Waals surface area (Å²) in [7, 11) is 0. The highest BCUT2D eigenvalue weighted by molar-refractivity contribution is 9.10. The van der Waals surface area contributed by atoms with Crippen molar-refractivity contribution in [3.05, 3.63) is 33.8 Å². The van der Waals surface area contributed by atoms with Crippen molar-refractivity contribution in [2.24, 2.45) is 5.92 Å². The summed E-state index contributed by atoms with van der Waals surface area (Å²) in [5.74, 6) is -0.0450. The van der Waals surface area contributed by atoms with Gasteiger partial charge in [-0.15, -0.1) is 0 Å². The van der Waals surface area contributed by atoms with Crippen LogP contribution in [0, 0.1) is 12.8 Å². The van der Waals surface area contributed by atoms with Gasteiger partial charge in [-0.2, -0.15) is 0 Å². The number of carbonyl (C=O) groups excluding carboxylic acids is 2. The van der Waals surface area contributed by atoms with Crippen LogP contribution in [0.4, 0.5) is 0 Å². The molecule has 2 amide bonds. The van der Waals surface area contributed by atoms with Crippen molar-refractivity contribution >= 4 is 27.7 Å². The van der Waals surface area contributed by atoms with Crippen LogP contribution in [0.2, 0.25) is 0 Å². The van der Waals surface area contributed by atoms with Crippen LogP contribution in [0.15, 0.2) is 22.7 Å². The Morgan fingerprint density at radius 1 is 1.25 bits per heavy atom. The molecular weight excluding hydrogens is 320 g/mol. The number of hydrogen-bond donors (Lipinski definition) is 2. The molecule has 0 aromatic heterocycles. The highest BCUT2D eigenvalue weighted by Gasteiger charge is 2.18. The third-order valence-corrected chi connectivity index (χ3v) is 3.48. The Kier molecular flexibility index (Phi) is 6.20. The lowest BCUT2D eigenvalue weighted by molar-refractivity contribution is -0.122. The van der Waals surface area contributed by atoms with Gasteiger partial charge in [-0.05, 0) is 47.8 Å². The maximum atomic E-state index is 12.1. The predicted octanol–water partition coefficient (Wildman–Crippen LogP) is 2.65. The standard InChI is InChI=1S/C15H21BrN2O2/c1-9(2)8-17-14(19)11(4)18-15(20)12-7-10(3)5-6-13(12)16/h5-7,9,11H,8H2,1-4H3,(H,17,19)(H,18,20). The Labute approximate surface area is 128 Å². The van der Waals surface area contributed by atoms with E-state index in [1.54, 1.807) is 13.0 Å². The van der Waals surface area contributed by atoms with Crippen LogP contribution in [0.1, 0.15) is 36.7 Å². The van der Waals surface area contributed by atoms with Gasteiger partial charge < -0.3 is 10.6 Å². The van der Waals surface area contributed by atoms with E-state index < -0.39 is 6.04 Å². The molecule has 1 unspecified atom stereocenters. The van der Waals surface area contributed by atoms with E-state index in [0.29, 0.717) is 18.0 Å². The van der Waals surface area contributed by atoms with Crippen molar-refractivity contribution in [3.8, 4) is 0 Å². The number of rotatable bonds is 5. The van der Waals surface area contributed by atoms with Crippen molar-refractivity contribution in [3.63, 3.8) is 0 Å². The molecule has 0 aliphatic rings. The van der Waals surface area contributed by atoms with Crippen molar-refractivity contribution in [2.45, 2.75) is 33.7 Å². The van der Waals surface area contributed by atoms with Crippen LogP contribution in [0.3, 0.4) is 0 Å². The number of nitrogens with one attached hydrogen (secondary N) is 2. The largest absolute Gasteiger partial charge is 0.354 e. The van der Waals surface area contributed by atoms with E-state index in [-0.39, 0.29) is 11.8 Å². The molecule has 2 N–H and O–H groups in total. The Bertz CT molecular complexity index is 501. The van der Waals surface area contributed by atoms with Crippen molar-refractivity contribution < 1.29 is 9.59 Å². The zero-order valence-electron chi connectivity index (χ0n) is 12.3. The second-order valence-corrected chi connectivity index (χ2v) is 6.17. The number of benzene rings is 1. The third kappa shape index (κ3) is 4.96. The van der Waals surface area contributed by atoms with Crippen LogP contribution in [0.25, 0.3) is 0 Å². The summed E-state index contributed by atoms with van der Waals surface area (Å²) < 4.78 is 0.718. The highest BCUT2D eigenvalue weighted by atomic mass is 79.9. The quantitative estimate of drug-likeness (QED) is 0.865. The summed E-state index contributed by atoms with van der Waals surface area (Å²) in [5, 5.41) is 5.51. The Hall–Kier alpha value is -1.36. The minimum absolute atomic E-state index is 0.171. The van der Waals surface area contributed by atoms with E-state index in [0.717, 1.165) is 10.0 Å². The van der Waals surface area contributed by atoms with Crippen molar-refractivity contribution in [1.29, 1.82) is 0 Å². The van der Waals surface area contributed by atoms with Crippen LogP contribution in [-0.2, 0) is 4.79 Å². The molecule has 0 spiro atoms. The van der Waals surface area contributed by atoms with E-state index in [4.69, 9.17) is 0 Å². The van der Waals surface area contributed by atoms with E-state index in [2.05, 4.69) is 26.6 Å². The first-order valence-electron chi connectivity index (χ1n) is 6.66. The number of halogens is 1. The van der Waals surface area contributed by atoms with Gasteiger partial charge in [-0.25, -0.2) is 0 Å². The zero-order chi connectivity index (χ0) is 15.3. The first kappa shape index (κ1) is 16.7. The normalized spacial score (nSPS) is 12.1. The molecular formula is C15H21BrN2O2. The number of amides is 2. The molecule has 0 bridgehead atoms. The molecule has 0 fully saturated rings. The van der Waals surface area contributed by atoms with Crippen LogP contribution in [-0.4, -0.2) is 24.4 Å². The second kappa shape index (κ2) is 7.43. The predicted molar refractivity (Wildman–Crippen MR) is 83.7 cm³/mol. The first-order chi connectivity index (χ1) is 9.31.